The first-order chi connectivity index (χ1) is 8.56. The lowest BCUT2D eigenvalue weighted by atomic mass is 9.99. The Bertz CT molecular complexity index is 554. The smallest absolute Gasteiger partial charge is 0.0408 e. The maximum Gasteiger partial charge on any atom is 0.0408 e. The molecule has 0 aliphatic rings. The van der Waals surface area contributed by atoms with Crippen LogP contribution in [0, 0.1) is 6.92 Å². The molecule has 0 amide bonds. The van der Waals surface area contributed by atoms with Gasteiger partial charge in [-0.2, -0.15) is 0 Å². The number of rotatable bonds is 3. The highest BCUT2D eigenvalue weighted by Gasteiger charge is 2.10. The number of benzene rings is 2. The van der Waals surface area contributed by atoms with Crippen molar-refractivity contribution in [2.24, 2.45) is 5.73 Å². The van der Waals surface area contributed by atoms with E-state index >= 15 is 0 Å². The fourth-order valence-electron chi connectivity index (χ4n) is 1.96. The second kappa shape index (κ2) is 5.87. The van der Waals surface area contributed by atoms with Crippen molar-refractivity contribution < 1.29 is 0 Å². The van der Waals surface area contributed by atoms with Gasteiger partial charge in [0.2, 0.25) is 0 Å². The van der Waals surface area contributed by atoms with E-state index < -0.39 is 0 Å². The molecule has 0 bridgehead atoms. The van der Waals surface area contributed by atoms with Crippen LogP contribution in [-0.2, 0) is 6.42 Å². The van der Waals surface area contributed by atoms with Crippen LogP contribution in [0.1, 0.15) is 22.7 Å². The van der Waals surface area contributed by atoms with E-state index in [2.05, 4.69) is 41.1 Å². The summed E-state index contributed by atoms with van der Waals surface area (Å²) in [5.41, 5.74) is 9.76. The van der Waals surface area contributed by atoms with Crippen molar-refractivity contribution in [3.05, 3.63) is 68.7 Å². The van der Waals surface area contributed by atoms with Crippen molar-refractivity contribution in [2.75, 3.05) is 0 Å². The lowest BCUT2D eigenvalue weighted by molar-refractivity contribution is 0.718. The van der Waals surface area contributed by atoms with Crippen LogP contribution in [0.4, 0.5) is 0 Å². The zero-order chi connectivity index (χ0) is 13.1. The molecule has 3 heteroatoms. The Kier molecular flexibility index (Phi) is 4.44. The molecular formula is C15H15BrClN. The van der Waals surface area contributed by atoms with Gasteiger partial charge in [0.1, 0.15) is 0 Å². The third-order valence-corrected chi connectivity index (χ3v) is 3.82. The normalized spacial score (nSPS) is 12.4. The zero-order valence-electron chi connectivity index (χ0n) is 10.2. The summed E-state index contributed by atoms with van der Waals surface area (Å²) in [5.74, 6) is 0. The number of nitrogens with two attached hydrogens (primary N) is 1. The van der Waals surface area contributed by atoms with Crippen LogP contribution in [0.15, 0.2) is 46.9 Å². The summed E-state index contributed by atoms with van der Waals surface area (Å²) in [7, 11) is 0. The average molecular weight is 325 g/mol. The predicted octanol–water partition coefficient (Wildman–Crippen LogP) is 4.65. The van der Waals surface area contributed by atoms with E-state index in [9.17, 15) is 0 Å². The lowest BCUT2D eigenvalue weighted by Gasteiger charge is -2.14. The van der Waals surface area contributed by atoms with Crippen LogP contribution in [0.2, 0.25) is 5.02 Å². The third-order valence-electron chi connectivity index (χ3n) is 2.90. The molecule has 1 nitrogen and oxygen atoms in total. The number of hydrogen-bond donors (Lipinski definition) is 1. The van der Waals surface area contributed by atoms with E-state index in [1.807, 2.05) is 24.3 Å². The Morgan fingerprint density at radius 1 is 1.22 bits per heavy atom. The highest BCUT2D eigenvalue weighted by Crippen LogP contribution is 2.26. The molecule has 0 saturated heterocycles. The van der Waals surface area contributed by atoms with E-state index in [4.69, 9.17) is 17.3 Å². The van der Waals surface area contributed by atoms with Crippen molar-refractivity contribution in [1.82, 2.24) is 0 Å². The van der Waals surface area contributed by atoms with E-state index in [0.717, 1.165) is 27.0 Å². The molecule has 0 saturated carbocycles. The van der Waals surface area contributed by atoms with Crippen molar-refractivity contribution in [1.29, 1.82) is 0 Å². The highest BCUT2D eigenvalue weighted by atomic mass is 79.9. The second-order valence-electron chi connectivity index (χ2n) is 4.47. The van der Waals surface area contributed by atoms with Crippen molar-refractivity contribution in [3.8, 4) is 0 Å². The standard InChI is InChI=1S/C15H15BrClN/c1-10-5-6-13(14(16)7-10)15(18)9-11-3-2-4-12(17)8-11/h2-8,15H,9,18H2,1H3. The summed E-state index contributed by atoms with van der Waals surface area (Å²) in [6.45, 7) is 2.07. The van der Waals surface area contributed by atoms with Gasteiger partial charge < -0.3 is 5.73 Å². The lowest BCUT2D eigenvalue weighted by Crippen LogP contribution is -2.14. The van der Waals surface area contributed by atoms with Gasteiger partial charge in [0.05, 0.1) is 0 Å². The molecule has 0 aliphatic heterocycles. The minimum atomic E-state index is -0.0292. The van der Waals surface area contributed by atoms with Crippen LogP contribution in [0.3, 0.4) is 0 Å². The Morgan fingerprint density at radius 2 is 2.00 bits per heavy atom. The monoisotopic (exact) mass is 323 g/mol. The first kappa shape index (κ1) is 13.6. The Labute approximate surface area is 121 Å². The molecule has 94 valence electrons. The predicted molar refractivity (Wildman–Crippen MR) is 81.0 cm³/mol. The largest absolute Gasteiger partial charge is 0.324 e. The minimum Gasteiger partial charge on any atom is -0.324 e. The number of hydrogen-bond acceptors (Lipinski definition) is 1. The van der Waals surface area contributed by atoms with Crippen molar-refractivity contribution in [3.63, 3.8) is 0 Å². The van der Waals surface area contributed by atoms with Gasteiger partial charge >= 0.3 is 0 Å². The van der Waals surface area contributed by atoms with Crippen LogP contribution in [-0.4, -0.2) is 0 Å². The minimum absolute atomic E-state index is 0.0292. The summed E-state index contributed by atoms with van der Waals surface area (Å²) in [6.07, 6.45) is 0.780. The summed E-state index contributed by atoms with van der Waals surface area (Å²) >= 11 is 9.55. The maximum absolute atomic E-state index is 6.25. The third kappa shape index (κ3) is 3.35. The van der Waals surface area contributed by atoms with Gasteiger partial charge in [-0.15, -0.1) is 0 Å². The molecule has 0 aliphatic carbocycles. The van der Waals surface area contributed by atoms with Crippen molar-refractivity contribution >= 4 is 27.5 Å². The molecule has 0 spiro atoms. The molecule has 18 heavy (non-hydrogen) atoms. The number of halogens is 2. The Hall–Kier alpha value is -0.830. The van der Waals surface area contributed by atoms with Gasteiger partial charge in [0, 0.05) is 15.5 Å². The number of aryl methyl sites for hydroxylation is 1. The first-order valence-electron chi connectivity index (χ1n) is 5.82. The van der Waals surface area contributed by atoms with Gasteiger partial charge in [-0.3, -0.25) is 0 Å². The molecular weight excluding hydrogens is 310 g/mol. The van der Waals surface area contributed by atoms with Crippen molar-refractivity contribution in [2.45, 2.75) is 19.4 Å². The molecule has 0 radical (unpaired) electrons. The fourth-order valence-corrected chi connectivity index (χ4v) is 2.96. The molecule has 2 aromatic carbocycles. The Balaban J connectivity index is 2.19. The summed E-state index contributed by atoms with van der Waals surface area (Å²) in [6, 6.07) is 14.1. The molecule has 2 N–H and O–H groups in total. The van der Waals surface area contributed by atoms with E-state index in [1.54, 1.807) is 0 Å². The summed E-state index contributed by atoms with van der Waals surface area (Å²) < 4.78 is 1.07. The van der Waals surface area contributed by atoms with Crippen LogP contribution in [0.5, 0.6) is 0 Å². The van der Waals surface area contributed by atoms with Gasteiger partial charge in [-0.1, -0.05) is 51.8 Å². The maximum atomic E-state index is 6.25. The molecule has 1 atom stereocenters. The molecule has 0 heterocycles. The Morgan fingerprint density at radius 3 is 2.67 bits per heavy atom. The van der Waals surface area contributed by atoms with Crippen LogP contribution in [0.25, 0.3) is 0 Å². The topological polar surface area (TPSA) is 26.0 Å². The zero-order valence-corrected chi connectivity index (χ0v) is 12.5. The molecule has 2 aromatic rings. The first-order valence-corrected chi connectivity index (χ1v) is 6.99. The van der Waals surface area contributed by atoms with Gasteiger partial charge in [0.15, 0.2) is 0 Å². The van der Waals surface area contributed by atoms with E-state index in [1.165, 1.54) is 5.56 Å². The molecule has 0 aromatic heterocycles. The highest BCUT2D eigenvalue weighted by molar-refractivity contribution is 9.10. The SMILES string of the molecule is Cc1ccc(C(N)Cc2cccc(Cl)c2)c(Br)c1. The second-order valence-corrected chi connectivity index (χ2v) is 5.76. The molecule has 2 rings (SSSR count). The average Bonchev–Trinajstić information content (AvgIpc) is 2.28. The van der Waals surface area contributed by atoms with Gasteiger partial charge in [-0.25, -0.2) is 0 Å². The van der Waals surface area contributed by atoms with Crippen LogP contribution < -0.4 is 5.73 Å². The quantitative estimate of drug-likeness (QED) is 0.873. The summed E-state index contributed by atoms with van der Waals surface area (Å²) in [4.78, 5) is 0. The van der Waals surface area contributed by atoms with Gasteiger partial charge in [0.25, 0.3) is 0 Å². The van der Waals surface area contributed by atoms with Gasteiger partial charge in [-0.05, 0) is 48.2 Å². The van der Waals surface area contributed by atoms with E-state index in [0.29, 0.717) is 0 Å². The van der Waals surface area contributed by atoms with E-state index in [-0.39, 0.29) is 6.04 Å². The van der Waals surface area contributed by atoms with Crippen LogP contribution >= 0.6 is 27.5 Å². The molecule has 0 fully saturated rings. The fraction of sp³-hybridized carbons (Fsp3) is 0.200. The molecule has 1 unspecified atom stereocenters. The summed E-state index contributed by atoms with van der Waals surface area (Å²) in [5, 5.41) is 0.752.